The van der Waals surface area contributed by atoms with Crippen LogP contribution in [-0.4, -0.2) is 37.2 Å². The molecule has 4 N–H and O–H groups in total. The number of hydrogen-bond acceptors (Lipinski definition) is 3. The number of benzene rings is 1. The van der Waals surface area contributed by atoms with Gasteiger partial charge in [-0.15, -0.1) is 24.0 Å². The smallest absolute Gasteiger partial charge is 0.251 e. The minimum Gasteiger partial charge on any atom is -0.376 e. The molecule has 0 spiro atoms. The average Bonchev–Trinajstić information content (AvgIpc) is 3.08. The normalized spacial score (nSPS) is 20.9. The molecule has 1 saturated carbocycles. The van der Waals surface area contributed by atoms with Gasteiger partial charge in [0.15, 0.2) is 5.96 Å². The van der Waals surface area contributed by atoms with Gasteiger partial charge in [-0.05, 0) is 43.4 Å². The van der Waals surface area contributed by atoms with Gasteiger partial charge in [-0.2, -0.15) is 0 Å². The predicted molar refractivity (Wildman–Crippen MR) is 123 cm³/mol. The van der Waals surface area contributed by atoms with Crippen LogP contribution in [-0.2, 0) is 11.3 Å². The van der Waals surface area contributed by atoms with Crippen molar-refractivity contribution in [2.24, 2.45) is 10.7 Å². The number of carbonyl (C=O) groups is 1. The first-order valence-electron chi connectivity index (χ1n) is 10.3. The molecule has 1 heterocycles. The number of aliphatic imine (C=N–C) groups is 1. The van der Waals surface area contributed by atoms with Crippen molar-refractivity contribution in [3.05, 3.63) is 35.4 Å². The van der Waals surface area contributed by atoms with Gasteiger partial charge in [0.25, 0.3) is 5.91 Å². The third-order valence-electron chi connectivity index (χ3n) is 5.34. The van der Waals surface area contributed by atoms with Crippen molar-refractivity contribution in [2.45, 2.75) is 70.1 Å². The van der Waals surface area contributed by atoms with Crippen molar-refractivity contribution in [1.82, 2.24) is 10.6 Å². The Labute approximate surface area is 185 Å². The first-order valence-corrected chi connectivity index (χ1v) is 10.3. The maximum atomic E-state index is 12.3. The summed E-state index contributed by atoms with van der Waals surface area (Å²) in [6.45, 7) is 1.84. The Hall–Kier alpha value is -1.35. The van der Waals surface area contributed by atoms with Crippen LogP contribution in [0.3, 0.4) is 0 Å². The molecular formula is C21H33IN4O2. The zero-order chi connectivity index (χ0) is 18.9. The van der Waals surface area contributed by atoms with Crippen LogP contribution in [0.25, 0.3) is 0 Å². The molecular weight excluding hydrogens is 467 g/mol. The summed E-state index contributed by atoms with van der Waals surface area (Å²) >= 11 is 0. The highest BCUT2D eigenvalue weighted by Gasteiger charge is 2.17. The summed E-state index contributed by atoms with van der Waals surface area (Å²) in [4.78, 5) is 16.8. The van der Waals surface area contributed by atoms with E-state index in [0.717, 1.165) is 37.9 Å². The summed E-state index contributed by atoms with van der Waals surface area (Å²) in [6, 6.07) is 8.00. The maximum absolute atomic E-state index is 12.3. The second-order valence-electron chi connectivity index (χ2n) is 7.58. The summed E-state index contributed by atoms with van der Waals surface area (Å²) in [5.41, 5.74) is 7.69. The van der Waals surface area contributed by atoms with Gasteiger partial charge < -0.3 is 21.1 Å². The number of rotatable bonds is 6. The Bertz CT molecular complexity index is 639. The van der Waals surface area contributed by atoms with Crippen molar-refractivity contribution < 1.29 is 9.53 Å². The lowest BCUT2D eigenvalue weighted by atomic mass is 10.1. The summed E-state index contributed by atoms with van der Waals surface area (Å²) in [5.74, 6) is 0.427. The molecule has 2 aliphatic rings. The van der Waals surface area contributed by atoms with Crippen LogP contribution < -0.4 is 16.4 Å². The molecule has 6 nitrogen and oxygen atoms in total. The average molecular weight is 500 g/mol. The quantitative estimate of drug-likeness (QED) is 0.242. The summed E-state index contributed by atoms with van der Waals surface area (Å²) in [6.07, 6.45) is 9.71. The zero-order valence-electron chi connectivity index (χ0n) is 16.5. The Balaban J connectivity index is 0.00000280. The van der Waals surface area contributed by atoms with Gasteiger partial charge in [-0.25, -0.2) is 4.99 Å². The van der Waals surface area contributed by atoms with E-state index >= 15 is 0 Å². The van der Waals surface area contributed by atoms with E-state index in [2.05, 4.69) is 15.6 Å². The molecule has 1 aromatic carbocycles. The van der Waals surface area contributed by atoms with Crippen molar-refractivity contribution in [3.8, 4) is 0 Å². The monoisotopic (exact) mass is 500 g/mol. The first-order chi connectivity index (χ1) is 13.2. The Morgan fingerprint density at radius 2 is 1.93 bits per heavy atom. The summed E-state index contributed by atoms with van der Waals surface area (Å²) < 4.78 is 5.54. The van der Waals surface area contributed by atoms with Gasteiger partial charge in [0.2, 0.25) is 0 Å². The van der Waals surface area contributed by atoms with Crippen LogP contribution in [0.15, 0.2) is 29.3 Å². The molecule has 0 radical (unpaired) electrons. The van der Waals surface area contributed by atoms with Gasteiger partial charge >= 0.3 is 0 Å². The molecule has 7 heteroatoms. The maximum Gasteiger partial charge on any atom is 0.251 e. The highest BCUT2D eigenvalue weighted by molar-refractivity contribution is 14.0. The predicted octanol–water partition coefficient (Wildman–Crippen LogP) is 3.34. The number of amides is 1. The fourth-order valence-electron chi connectivity index (χ4n) is 3.78. The lowest BCUT2D eigenvalue weighted by molar-refractivity contribution is 0.0857. The van der Waals surface area contributed by atoms with Gasteiger partial charge in [0, 0.05) is 24.8 Å². The number of ether oxygens (including phenoxy) is 1. The van der Waals surface area contributed by atoms with E-state index < -0.39 is 0 Å². The van der Waals surface area contributed by atoms with E-state index in [-0.39, 0.29) is 36.0 Å². The van der Waals surface area contributed by atoms with E-state index in [1.165, 1.54) is 25.7 Å². The summed E-state index contributed by atoms with van der Waals surface area (Å²) in [7, 11) is 0. The molecule has 3 rings (SSSR count). The lowest BCUT2D eigenvalue weighted by Crippen LogP contribution is -2.39. The second-order valence-corrected chi connectivity index (χ2v) is 7.58. The molecule has 156 valence electrons. The Morgan fingerprint density at radius 1 is 1.14 bits per heavy atom. The van der Waals surface area contributed by atoms with Crippen molar-refractivity contribution in [3.63, 3.8) is 0 Å². The second kappa shape index (κ2) is 12.3. The van der Waals surface area contributed by atoms with Crippen LogP contribution in [0.5, 0.6) is 0 Å². The SMILES string of the molecule is I.NC(=NCc1cccc(C(=O)NCC2CCCO2)c1)NC1CCCCCC1. The highest BCUT2D eigenvalue weighted by atomic mass is 127. The van der Waals surface area contributed by atoms with Crippen LogP contribution in [0.1, 0.15) is 67.3 Å². The first kappa shape index (κ1) is 22.9. The van der Waals surface area contributed by atoms with E-state index in [1.807, 2.05) is 24.3 Å². The van der Waals surface area contributed by atoms with Crippen molar-refractivity contribution in [2.75, 3.05) is 13.2 Å². The van der Waals surface area contributed by atoms with Crippen LogP contribution >= 0.6 is 24.0 Å². The number of guanidine groups is 1. The molecule has 0 bridgehead atoms. The Morgan fingerprint density at radius 3 is 2.64 bits per heavy atom. The number of halogens is 1. The van der Waals surface area contributed by atoms with E-state index in [4.69, 9.17) is 10.5 Å². The number of nitrogens with one attached hydrogen (secondary N) is 2. The molecule has 1 aliphatic carbocycles. The van der Waals surface area contributed by atoms with Crippen LogP contribution in [0, 0.1) is 0 Å². The van der Waals surface area contributed by atoms with E-state index in [0.29, 0.717) is 30.7 Å². The molecule has 2 fully saturated rings. The molecule has 1 saturated heterocycles. The summed E-state index contributed by atoms with van der Waals surface area (Å²) in [5, 5.41) is 6.31. The van der Waals surface area contributed by atoms with Gasteiger partial charge in [-0.1, -0.05) is 37.8 Å². The molecule has 1 aromatic rings. The standard InChI is InChI=1S/C21H32N4O2.HI/c22-21(25-18-9-3-1-2-4-10-18)24-14-16-7-5-8-17(13-16)20(26)23-15-19-11-6-12-27-19;/h5,7-8,13,18-19H,1-4,6,9-12,14-15H2,(H,23,26)(H3,22,24,25);1H. The van der Waals surface area contributed by atoms with E-state index in [9.17, 15) is 4.79 Å². The van der Waals surface area contributed by atoms with Gasteiger partial charge in [0.1, 0.15) is 0 Å². The number of carbonyl (C=O) groups excluding carboxylic acids is 1. The van der Waals surface area contributed by atoms with Gasteiger partial charge in [-0.3, -0.25) is 4.79 Å². The third kappa shape index (κ3) is 7.58. The molecule has 28 heavy (non-hydrogen) atoms. The van der Waals surface area contributed by atoms with E-state index in [1.54, 1.807) is 0 Å². The van der Waals surface area contributed by atoms with Crippen molar-refractivity contribution in [1.29, 1.82) is 0 Å². The minimum atomic E-state index is -0.0686. The molecule has 1 aliphatic heterocycles. The molecule has 1 unspecified atom stereocenters. The van der Waals surface area contributed by atoms with Crippen LogP contribution in [0.2, 0.25) is 0 Å². The molecule has 1 atom stereocenters. The highest BCUT2D eigenvalue weighted by Crippen LogP contribution is 2.17. The fourth-order valence-corrected chi connectivity index (χ4v) is 3.78. The number of nitrogens with two attached hydrogens (primary N) is 1. The third-order valence-corrected chi connectivity index (χ3v) is 5.34. The number of nitrogens with zero attached hydrogens (tertiary/aromatic N) is 1. The Kier molecular flexibility index (Phi) is 10.0. The van der Waals surface area contributed by atoms with Crippen molar-refractivity contribution >= 4 is 35.8 Å². The molecule has 1 amide bonds. The lowest BCUT2D eigenvalue weighted by Gasteiger charge is -2.16. The van der Waals surface area contributed by atoms with Crippen LogP contribution in [0.4, 0.5) is 0 Å². The minimum absolute atomic E-state index is 0. The van der Waals surface area contributed by atoms with Gasteiger partial charge in [0.05, 0.1) is 12.6 Å². The largest absolute Gasteiger partial charge is 0.376 e. The molecule has 0 aromatic heterocycles. The zero-order valence-corrected chi connectivity index (χ0v) is 18.8. The number of hydrogen-bond donors (Lipinski definition) is 3. The topological polar surface area (TPSA) is 88.7 Å². The fraction of sp³-hybridized carbons (Fsp3) is 0.619.